The average molecular weight is 431 g/mol. The van der Waals surface area contributed by atoms with Crippen LogP contribution in [-0.4, -0.2) is 37.8 Å². The van der Waals surface area contributed by atoms with Crippen molar-refractivity contribution in [2.75, 3.05) is 19.1 Å². The third-order valence-electron chi connectivity index (χ3n) is 2.91. The van der Waals surface area contributed by atoms with Gasteiger partial charge in [-0.15, -0.1) is 0 Å². The van der Waals surface area contributed by atoms with E-state index in [1.165, 1.54) is 4.31 Å². The molecule has 0 N–H and O–H groups in total. The first-order valence-corrected chi connectivity index (χ1v) is 10.1. The van der Waals surface area contributed by atoms with Crippen molar-refractivity contribution in [2.45, 2.75) is 24.3 Å². The topological polar surface area (TPSA) is 37.4 Å². The van der Waals surface area contributed by atoms with Crippen LogP contribution in [-0.2, 0) is 10.0 Å². The molecule has 108 valence electrons. The van der Waals surface area contributed by atoms with Gasteiger partial charge in [-0.05, 0) is 59.5 Å². The highest BCUT2D eigenvalue weighted by Gasteiger charge is 2.26. The normalized spacial score (nSPS) is 13.8. The van der Waals surface area contributed by atoms with Crippen molar-refractivity contribution in [3.63, 3.8) is 0 Å². The molecule has 3 nitrogen and oxygen atoms in total. The van der Waals surface area contributed by atoms with Gasteiger partial charge in [0.25, 0.3) is 0 Å². The molecule has 0 aromatic heterocycles. The van der Waals surface area contributed by atoms with Crippen molar-refractivity contribution in [2.24, 2.45) is 0 Å². The van der Waals surface area contributed by atoms with Gasteiger partial charge >= 0.3 is 0 Å². The summed E-state index contributed by atoms with van der Waals surface area (Å²) in [6.45, 7) is 1.93. The summed E-state index contributed by atoms with van der Waals surface area (Å²) in [5.41, 5.74) is 0. The molecule has 1 atom stereocenters. The van der Waals surface area contributed by atoms with Crippen molar-refractivity contribution < 1.29 is 8.42 Å². The smallest absolute Gasteiger partial charge is 0.207 e. The zero-order valence-corrected chi connectivity index (χ0v) is 15.9. The van der Waals surface area contributed by atoms with Crippen LogP contribution in [0, 0.1) is 0 Å². The van der Waals surface area contributed by atoms with Gasteiger partial charge in [0, 0.05) is 22.0 Å². The molecule has 1 rings (SSSR count). The van der Waals surface area contributed by atoms with E-state index in [1.54, 1.807) is 37.0 Å². The monoisotopic (exact) mass is 429 g/mol. The molecule has 0 spiro atoms. The van der Waals surface area contributed by atoms with Gasteiger partial charge in [0.1, 0.15) is 0 Å². The van der Waals surface area contributed by atoms with Gasteiger partial charge in [-0.1, -0.05) is 15.9 Å². The van der Waals surface area contributed by atoms with E-state index in [2.05, 4.69) is 31.9 Å². The Morgan fingerprint density at radius 1 is 1.37 bits per heavy atom. The summed E-state index contributed by atoms with van der Waals surface area (Å²) in [5.74, 6) is 0.947. The van der Waals surface area contributed by atoms with Crippen molar-refractivity contribution >= 4 is 53.6 Å². The van der Waals surface area contributed by atoms with Gasteiger partial charge in [0.2, 0.25) is 10.0 Å². The Hall–Kier alpha value is 0.440. The largest absolute Gasteiger partial charge is 0.244 e. The molecule has 7 heteroatoms. The number of nitrogens with zero attached hydrogens (tertiary/aromatic N) is 1. The number of halogens is 2. The number of rotatable bonds is 6. The highest BCUT2D eigenvalue weighted by Crippen LogP contribution is 2.28. The van der Waals surface area contributed by atoms with E-state index in [4.69, 9.17) is 0 Å². The fraction of sp³-hybridized carbons (Fsp3) is 0.500. The van der Waals surface area contributed by atoms with Crippen LogP contribution in [0.5, 0.6) is 0 Å². The highest BCUT2D eigenvalue weighted by molar-refractivity contribution is 9.11. The molecule has 1 aromatic rings. The molecule has 0 aliphatic heterocycles. The molecule has 0 fully saturated rings. The van der Waals surface area contributed by atoms with Gasteiger partial charge < -0.3 is 0 Å². The first-order valence-electron chi connectivity index (χ1n) is 5.72. The van der Waals surface area contributed by atoms with Crippen LogP contribution in [0.2, 0.25) is 0 Å². The number of thioether (sulfide) groups is 1. The second-order valence-corrected chi connectivity index (χ2v) is 8.95. The maximum absolute atomic E-state index is 12.5. The molecule has 0 radical (unpaired) electrons. The highest BCUT2D eigenvalue weighted by atomic mass is 79.9. The van der Waals surface area contributed by atoms with Crippen LogP contribution in [0.1, 0.15) is 13.3 Å². The molecule has 19 heavy (non-hydrogen) atoms. The lowest BCUT2D eigenvalue weighted by molar-refractivity contribution is 0.382. The third-order valence-corrected chi connectivity index (χ3v) is 7.00. The average Bonchev–Trinajstić information content (AvgIpc) is 2.34. The first kappa shape index (κ1) is 17.5. The number of hydrogen-bond acceptors (Lipinski definition) is 3. The number of sulfonamides is 1. The zero-order valence-electron chi connectivity index (χ0n) is 11.1. The quantitative estimate of drug-likeness (QED) is 0.684. The Balaban J connectivity index is 3.02. The maximum Gasteiger partial charge on any atom is 0.244 e. The fourth-order valence-electron chi connectivity index (χ4n) is 1.55. The van der Waals surface area contributed by atoms with E-state index in [0.717, 1.165) is 16.6 Å². The molecule has 0 heterocycles. The summed E-state index contributed by atoms with van der Waals surface area (Å²) in [6, 6.07) is 5.07. The van der Waals surface area contributed by atoms with Crippen LogP contribution in [0.4, 0.5) is 0 Å². The van der Waals surface area contributed by atoms with E-state index >= 15 is 0 Å². The Kier molecular flexibility index (Phi) is 6.86. The van der Waals surface area contributed by atoms with E-state index in [0.29, 0.717) is 9.37 Å². The summed E-state index contributed by atoms with van der Waals surface area (Å²) in [6.07, 6.45) is 2.86. The van der Waals surface area contributed by atoms with Crippen molar-refractivity contribution in [3.8, 4) is 0 Å². The SMILES string of the molecule is CSCCC(C)N(C)S(=O)(=O)c1ccc(Br)cc1Br. The minimum atomic E-state index is -3.46. The first-order chi connectivity index (χ1) is 8.80. The molecule has 0 amide bonds. The molecule has 1 aromatic carbocycles. The van der Waals surface area contributed by atoms with Crippen LogP contribution < -0.4 is 0 Å². The summed E-state index contributed by atoms with van der Waals surface area (Å²) < 4.78 is 27.9. The van der Waals surface area contributed by atoms with Crippen molar-refractivity contribution in [1.29, 1.82) is 0 Å². The Morgan fingerprint density at radius 2 is 2.00 bits per heavy atom. The second-order valence-electron chi connectivity index (χ2n) is 4.23. The third kappa shape index (κ3) is 4.46. The van der Waals surface area contributed by atoms with Gasteiger partial charge in [0.15, 0.2) is 0 Å². The summed E-state index contributed by atoms with van der Waals surface area (Å²) >= 11 is 8.36. The maximum atomic E-state index is 12.5. The van der Waals surface area contributed by atoms with Crippen molar-refractivity contribution in [1.82, 2.24) is 4.31 Å². The zero-order chi connectivity index (χ0) is 14.6. The second kappa shape index (κ2) is 7.45. The van der Waals surface area contributed by atoms with E-state index in [1.807, 2.05) is 13.2 Å². The number of benzene rings is 1. The molecular formula is C12H17Br2NO2S2. The van der Waals surface area contributed by atoms with Gasteiger partial charge in [-0.3, -0.25) is 0 Å². The molecule has 0 saturated heterocycles. The Bertz CT molecular complexity index is 535. The fourth-order valence-corrected chi connectivity index (χ4v) is 5.22. The molecular weight excluding hydrogens is 414 g/mol. The van der Waals surface area contributed by atoms with Crippen LogP contribution in [0.25, 0.3) is 0 Å². The molecule has 0 bridgehead atoms. The summed E-state index contributed by atoms with van der Waals surface area (Å²) in [5, 5.41) is 0. The van der Waals surface area contributed by atoms with E-state index in [-0.39, 0.29) is 6.04 Å². The Labute approximate surface area is 136 Å². The van der Waals surface area contributed by atoms with E-state index < -0.39 is 10.0 Å². The van der Waals surface area contributed by atoms with Gasteiger partial charge in [-0.25, -0.2) is 8.42 Å². The lowest BCUT2D eigenvalue weighted by Crippen LogP contribution is -2.35. The van der Waals surface area contributed by atoms with Crippen LogP contribution >= 0.6 is 43.6 Å². The minimum Gasteiger partial charge on any atom is -0.207 e. The van der Waals surface area contributed by atoms with Gasteiger partial charge in [-0.2, -0.15) is 16.1 Å². The summed E-state index contributed by atoms with van der Waals surface area (Å²) in [4.78, 5) is 0.300. The standard InChI is InChI=1S/C12H17Br2NO2S2/c1-9(6-7-18-3)15(2)19(16,17)12-5-4-10(13)8-11(12)14/h4-5,8-9H,6-7H2,1-3H3. The molecule has 0 aliphatic carbocycles. The van der Waals surface area contributed by atoms with Crippen molar-refractivity contribution in [3.05, 3.63) is 27.1 Å². The molecule has 1 unspecified atom stereocenters. The Morgan fingerprint density at radius 3 is 2.53 bits per heavy atom. The molecule has 0 saturated carbocycles. The minimum absolute atomic E-state index is 0.0204. The number of hydrogen-bond donors (Lipinski definition) is 0. The molecule has 0 aliphatic rings. The predicted molar refractivity (Wildman–Crippen MR) is 89.3 cm³/mol. The van der Waals surface area contributed by atoms with Crippen LogP contribution in [0.3, 0.4) is 0 Å². The summed E-state index contributed by atoms with van der Waals surface area (Å²) in [7, 11) is -1.83. The van der Waals surface area contributed by atoms with Crippen LogP contribution in [0.15, 0.2) is 32.0 Å². The lowest BCUT2D eigenvalue weighted by Gasteiger charge is -2.24. The van der Waals surface area contributed by atoms with E-state index in [9.17, 15) is 8.42 Å². The predicted octanol–water partition coefficient (Wildman–Crippen LogP) is 3.97. The van der Waals surface area contributed by atoms with Gasteiger partial charge in [0.05, 0.1) is 4.90 Å². The lowest BCUT2D eigenvalue weighted by atomic mass is 10.3.